The first-order valence-electron chi connectivity index (χ1n) is 8.08. The highest BCUT2D eigenvalue weighted by Gasteiger charge is 2.33. The van der Waals surface area contributed by atoms with Crippen molar-refractivity contribution in [2.75, 3.05) is 18.5 Å². The van der Waals surface area contributed by atoms with Gasteiger partial charge in [0.2, 0.25) is 5.91 Å². The Kier molecular flexibility index (Phi) is 4.69. The maximum atomic E-state index is 12.3. The van der Waals surface area contributed by atoms with Gasteiger partial charge < -0.3 is 20.1 Å². The Bertz CT molecular complexity index is 745. The van der Waals surface area contributed by atoms with Crippen LogP contribution in [0.5, 0.6) is 5.75 Å². The van der Waals surface area contributed by atoms with Gasteiger partial charge in [-0.15, -0.1) is 0 Å². The SMILES string of the molecule is O=C1COc2ccc(C(=O)CCC(=O)N3CCCC3C(=O)O)cc2N1. The van der Waals surface area contributed by atoms with Crippen LogP contribution in [0.2, 0.25) is 0 Å². The largest absolute Gasteiger partial charge is 0.482 e. The number of carbonyl (C=O) groups is 4. The number of amides is 2. The van der Waals surface area contributed by atoms with E-state index >= 15 is 0 Å². The zero-order chi connectivity index (χ0) is 18.0. The lowest BCUT2D eigenvalue weighted by atomic mass is 10.0. The average Bonchev–Trinajstić information content (AvgIpc) is 3.08. The van der Waals surface area contributed by atoms with Crippen LogP contribution >= 0.6 is 0 Å². The summed E-state index contributed by atoms with van der Waals surface area (Å²) in [6.45, 7) is 0.349. The number of ether oxygens (including phenoxy) is 1. The Morgan fingerprint density at radius 2 is 2.08 bits per heavy atom. The zero-order valence-electron chi connectivity index (χ0n) is 13.5. The van der Waals surface area contributed by atoms with Crippen molar-refractivity contribution in [3.05, 3.63) is 23.8 Å². The van der Waals surface area contributed by atoms with Gasteiger partial charge in [-0.25, -0.2) is 4.79 Å². The standard InChI is InChI=1S/C17H18N2O6/c20-13(4-6-16(22)19-7-1-2-12(19)17(23)24)10-3-5-14-11(8-10)18-15(21)9-25-14/h3,5,8,12H,1-2,4,6-7,9H2,(H,18,21)(H,23,24). The Morgan fingerprint density at radius 1 is 1.28 bits per heavy atom. The van der Waals surface area contributed by atoms with Crippen LogP contribution in [0.25, 0.3) is 0 Å². The summed E-state index contributed by atoms with van der Waals surface area (Å²) in [7, 11) is 0. The van der Waals surface area contributed by atoms with E-state index in [0.29, 0.717) is 36.4 Å². The van der Waals surface area contributed by atoms with E-state index in [0.717, 1.165) is 0 Å². The third-order valence-electron chi connectivity index (χ3n) is 4.36. The Balaban J connectivity index is 1.61. The van der Waals surface area contributed by atoms with Crippen LogP contribution in [-0.2, 0) is 14.4 Å². The fourth-order valence-electron chi connectivity index (χ4n) is 3.09. The number of rotatable bonds is 5. The van der Waals surface area contributed by atoms with Crippen LogP contribution in [0.3, 0.4) is 0 Å². The molecule has 1 atom stereocenters. The first kappa shape index (κ1) is 16.9. The van der Waals surface area contributed by atoms with E-state index in [1.165, 1.54) is 11.0 Å². The van der Waals surface area contributed by atoms with Crippen LogP contribution in [0.4, 0.5) is 5.69 Å². The number of benzene rings is 1. The summed E-state index contributed by atoms with van der Waals surface area (Å²) in [4.78, 5) is 48.3. The second-order valence-corrected chi connectivity index (χ2v) is 6.05. The molecule has 0 spiro atoms. The number of fused-ring (bicyclic) bond motifs is 1. The third-order valence-corrected chi connectivity index (χ3v) is 4.36. The van der Waals surface area contributed by atoms with E-state index in [4.69, 9.17) is 9.84 Å². The number of hydrogen-bond acceptors (Lipinski definition) is 5. The van der Waals surface area contributed by atoms with Gasteiger partial charge in [0.05, 0.1) is 5.69 Å². The van der Waals surface area contributed by atoms with Crippen LogP contribution in [0.1, 0.15) is 36.0 Å². The topological polar surface area (TPSA) is 113 Å². The molecule has 0 aliphatic carbocycles. The third kappa shape index (κ3) is 3.62. The minimum atomic E-state index is -1.01. The van der Waals surface area contributed by atoms with E-state index < -0.39 is 12.0 Å². The highest BCUT2D eigenvalue weighted by molar-refractivity contribution is 6.01. The molecule has 8 heteroatoms. The molecule has 2 aliphatic rings. The summed E-state index contributed by atoms with van der Waals surface area (Å²) in [6.07, 6.45) is 1.04. The van der Waals surface area contributed by atoms with Gasteiger partial charge in [-0.05, 0) is 31.0 Å². The number of ketones is 1. The van der Waals surface area contributed by atoms with Gasteiger partial charge in [0.1, 0.15) is 11.8 Å². The average molecular weight is 346 g/mol. The van der Waals surface area contributed by atoms with Gasteiger partial charge in [0.25, 0.3) is 5.91 Å². The predicted molar refractivity (Wildman–Crippen MR) is 86.5 cm³/mol. The van der Waals surface area contributed by atoms with E-state index in [1.54, 1.807) is 12.1 Å². The summed E-state index contributed by atoms with van der Waals surface area (Å²) in [5.74, 6) is -1.38. The molecule has 0 bridgehead atoms. The number of Topliss-reactive ketones (excluding diaryl/α,β-unsaturated/α-hetero) is 1. The molecule has 2 N–H and O–H groups in total. The Hall–Kier alpha value is -2.90. The summed E-state index contributed by atoms with van der Waals surface area (Å²) in [5, 5.41) is 11.7. The molecular weight excluding hydrogens is 328 g/mol. The number of aliphatic carboxylic acids is 1. The molecule has 0 radical (unpaired) electrons. The smallest absolute Gasteiger partial charge is 0.326 e. The van der Waals surface area contributed by atoms with Crippen LogP contribution in [0.15, 0.2) is 18.2 Å². The van der Waals surface area contributed by atoms with E-state index in [2.05, 4.69) is 5.32 Å². The minimum absolute atomic E-state index is 0.0186. The molecule has 0 aromatic heterocycles. The molecule has 1 unspecified atom stereocenters. The molecule has 2 heterocycles. The zero-order valence-corrected chi connectivity index (χ0v) is 13.5. The number of carboxylic acids is 1. The molecular formula is C17H18N2O6. The second kappa shape index (κ2) is 6.92. The summed E-state index contributed by atoms with van der Waals surface area (Å²) >= 11 is 0. The van der Waals surface area contributed by atoms with Crippen molar-refractivity contribution < 1.29 is 29.0 Å². The van der Waals surface area contributed by atoms with E-state index in [9.17, 15) is 19.2 Å². The molecule has 0 saturated carbocycles. The molecule has 1 saturated heterocycles. The summed E-state index contributed by atoms with van der Waals surface area (Å²) in [5.41, 5.74) is 0.799. The number of nitrogens with zero attached hydrogens (tertiary/aromatic N) is 1. The van der Waals surface area contributed by atoms with Gasteiger partial charge in [0, 0.05) is 24.9 Å². The molecule has 2 amide bonds. The summed E-state index contributed by atoms with van der Waals surface area (Å²) < 4.78 is 5.23. The Morgan fingerprint density at radius 3 is 2.84 bits per heavy atom. The molecule has 1 aromatic carbocycles. The molecule has 1 aromatic rings. The van der Waals surface area contributed by atoms with Crippen LogP contribution in [0, 0.1) is 0 Å². The maximum absolute atomic E-state index is 12.3. The van der Waals surface area contributed by atoms with Crippen molar-refractivity contribution in [3.63, 3.8) is 0 Å². The van der Waals surface area contributed by atoms with E-state index in [1.807, 2.05) is 0 Å². The summed E-state index contributed by atoms with van der Waals surface area (Å²) in [6, 6.07) is 3.91. The van der Waals surface area contributed by atoms with Crippen molar-refractivity contribution in [2.45, 2.75) is 31.7 Å². The lowest BCUT2D eigenvalue weighted by Gasteiger charge is -2.21. The number of nitrogens with one attached hydrogen (secondary N) is 1. The van der Waals surface area contributed by atoms with Crippen LogP contribution < -0.4 is 10.1 Å². The molecule has 132 valence electrons. The normalized spacial score (nSPS) is 19.0. The highest BCUT2D eigenvalue weighted by atomic mass is 16.5. The van der Waals surface area contributed by atoms with Gasteiger partial charge >= 0.3 is 5.97 Å². The monoisotopic (exact) mass is 346 g/mol. The quantitative estimate of drug-likeness (QED) is 0.771. The maximum Gasteiger partial charge on any atom is 0.326 e. The van der Waals surface area contributed by atoms with Gasteiger partial charge in [-0.1, -0.05) is 0 Å². The van der Waals surface area contributed by atoms with Crippen molar-refractivity contribution in [3.8, 4) is 5.75 Å². The molecule has 25 heavy (non-hydrogen) atoms. The number of carboxylic acid groups (broad SMARTS) is 1. The number of hydrogen-bond donors (Lipinski definition) is 2. The molecule has 3 rings (SSSR count). The van der Waals surface area contributed by atoms with Crippen molar-refractivity contribution in [1.29, 1.82) is 0 Å². The van der Waals surface area contributed by atoms with Gasteiger partial charge in [0.15, 0.2) is 12.4 Å². The lowest BCUT2D eigenvalue weighted by Crippen LogP contribution is -2.40. The first-order valence-corrected chi connectivity index (χ1v) is 8.08. The Labute approximate surface area is 143 Å². The molecule has 1 fully saturated rings. The fourth-order valence-corrected chi connectivity index (χ4v) is 3.09. The minimum Gasteiger partial charge on any atom is -0.482 e. The lowest BCUT2D eigenvalue weighted by molar-refractivity contribution is -0.148. The predicted octanol–water partition coefficient (Wildman–Crippen LogP) is 1.06. The van der Waals surface area contributed by atoms with Gasteiger partial charge in [-0.3, -0.25) is 14.4 Å². The van der Waals surface area contributed by atoms with Crippen LogP contribution in [-0.4, -0.2) is 52.8 Å². The number of carbonyl (C=O) groups excluding carboxylic acids is 3. The molecule has 2 aliphatic heterocycles. The molecule has 8 nitrogen and oxygen atoms in total. The highest BCUT2D eigenvalue weighted by Crippen LogP contribution is 2.29. The van der Waals surface area contributed by atoms with Gasteiger partial charge in [-0.2, -0.15) is 0 Å². The first-order chi connectivity index (χ1) is 12.0. The van der Waals surface area contributed by atoms with Crippen molar-refractivity contribution >= 4 is 29.3 Å². The van der Waals surface area contributed by atoms with E-state index in [-0.39, 0.29) is 37.0 Å². The second-order valence-electron chi connectivity index (χ2n) is 6.05. The fraction of sp³-hybridized carbons (Fsp3) is 0.412. The number of likely N-dealkylation sites (tertiary alicyclic amines) is 1. The van der Waals surface area contributed by atoms with Crippen molar-refractivity contribution in [2.24, 2.45) is 0 Å². The van der Waals surface area contributed by atoms with Crippen molar-refractivity contribution in [1.82, 2.24) is 4.90 Å². The number of anilines is 1.